The van der Waals surface area contributed by atoms with Crippen LogP contribution in [0, 0.1) is 0 Å². The number of benzene rings is 1. The molecule has 1 aromatic carbocycles. The zero-order valence-electron chi connectivity index (χ0n) is 11.1. The van der Waals surface area contributed by atoms with Crippen molar-refractivity contribution in [1.82, 2.24) is 0 Å². The molecule has 0 aromatic heterocycles. The van der Waals surface area contributed by atoms with E-state index in [1.165, 1.54) is 12.0 Å². The molecule has 1 unspecified atom stereocenters. The molecular formula is C13H14N2O5. The zero-order valence-corrected chi connectivity index (χ0v) is 11.1. The Balaban J connectivity index is 2.12. The van der Waals surface area contributed by atoms with Crippen LogP contribution in [-0.4, -0.2) is 43.0 Å². The van der Waals surface area contributed by atoms with Crippen LogP contribution in [0.5, 0.6) is 5.75 Å². The Kier molecular flexibility index (Phi) is 3.88. The second-order valence-corrected chi connectivity index (χ2v) is 4.21. The van der Waals surface area contributed by atoms with Gasteiger partial charge in [0.2, 0.25) is 6.10 Å². The number of hydrogen-bond acceptors (Lipinski definition) is 5. The molecule has 1 atom stereocenters. The van der Waals surface area contributed by atoms with Crippen LogP contribution in [0.15, 0.2) is 29.4 Å². The predicted molar refractivity (Wildman–Crippen MR) is 71.0 cm³/mol. The maximum atomic E-state index is 12.3. The minimum absolute atomic E-state index is 0.0480. The molecule has 0 bridgehead atoms. The third-order valence-corrected chi connectivity index (χ3v) is 2.97. The SMILES string of the molecule is COc1ccccc1N(C)C(=O)C1CC(C(=O)O)=NO1. The van der Waals surface area contributed by atoms with Crippen LogP contribution in [0.25, 0.3) is 0 Å². The van der Waals surface area contributed by atoms with Gasteiger partial charge in [-0.05, 0) is 12.1 Å². The molecule has 106 valence electrons. The number of carboxylic acids is 1. The Morgan fingerprint density at radius 3 is 2.75 bits per heavy atom. The Bertz CT molecular complexity index is 570. The van der Waals surface area contributed by atoms with Gasteiger partial charge in [-0.25, -0.2) is 4.79 Å². The van der Waals surface area contributed by atoms with Crippen LogP contribution in [0.2, 0.25) is 0 Å². The zero-order chi connectivity index (χ0) is 14.7. The number of anilines is 1. The fourth-order valence-corrected chi connectivity index (χ4v) is 1.88. The highest BCUT2D eigenvalue weighted by Crippen LogP contribution is 2.28. The van der Waals surface area contributed by atoms with Crippen molar-refractivity contribution in [2.45, 2.75) is 12.5 Å². The van der Waals surface area contributed by atoms with Crippen molar-refractivity contribution in [2.24, 2.45) is 5.16 Å². The van der Waals surface area contributed by atoms with Crippen LogP contribution < -0.4 is 9.64 Å². The van der Waals surface area contributed by atoms with Gasteiger partial charge < -0.3 is 19.6 Å². The summed E-state index contributed by atoms with van der Waals surface area (Å²) in [7, 11) is 3.08. The van der Waals surface area contributed by atoms with E-state index in [4.69, 9.17) is 14.7 Å². The normalized spacial score (nSPS) is 17.1. The second kappa shape index (κ2) is 5.60. The summed E-state index contributed by atoms with van der Waals surface area (Å²) in [6.07, 6.45) is -0.968. The summed E-state index contributed by atoms with van der Waals surface area (Å²) in [4.78, 5) is 29.3. The molecule has 1 amide bonds. The van der Waals surface area contributed by atoms with Crippen molar-refractivity contribution in [3.05, 3.63) is 24.3 Å². The third-order valence-electron chi connectivity index (χ3n) is 2.97. The number of carboxylic acid groups (broad SMARTS) is 1. The highest BCUT2D eigenvalue weighted by molar-refractivity contribution is 6.36. The average molecular weight is 278 g/mol. The fourth-order valence-electron chi connectivity index (χ4n) is 1.88. The molecule has 1 aliphatic heterocycles. The molecule has 1 N–H and O–H groups in total. The highest BCUT2D eigenvalue weighted by atomic mass is 16.6. The summed E-state index contributed by atoms with van der Waals surface area (Å²) < 4.78 is 5.18. The summed E-state index contributed by atoms with van der Waals surface area (Å²) in [6, 6.07) is 7.02. The number of aliphatic carboxylic acids is 1. The van der Waals surface area contributed by atoms with Crippen molar-refractivity contribution in [3.63, 3.8) is 0 Å². The molecular weight excluding hydrogens is 264 g/mol. The molecule has 7 nitrogen and oxygen atoms in total. The van der Waals surface area contributed by atoms with E-state index in [0.29, 0.717) is 11.4 Å². The fraction of sp³-hybridized carbons (Fsp3) is 0.308. The van der Waals surface area contributed by atoms with Crippen LogP contribution in [0.4, 0.5) is 5.69 Å². The first-order chi connectivity index (χ1) is 9.54. The molecule has 1 aromatic rings. The van der Waals surface area contributed by atoms with Gasteiger partial charge in [0.25, 0.3) is 5.91 Å². The van der Waals surface area contributed by atoms with Crippen LogP contribution in [0.3, 0.4) is 0 Å². The van der Waals surface area contributed by atoms with Crippen molar-refractivity contribution < 1.29 is 24.3 Å². The van der Waals surface area contributed by atoms with Gasteiger partial charge in [0, 0.05) is 13.5 Å². The lowest BCUT2D eigenvalue weighted by Crippen LogP contribution is -2.37. The number of rotatable bonds is 4. The maximum Gasteiger partial charge on any atom is 0.353 e. The van der Waals surface area contributed by atoms with E-state index in [2.05, 4.69) is 5.16 Å². The van der Waals surface area contributed by atoms with E-state index in [9.17, 15) is 9.59 Å². The molecule has 20 heavy (non-hydrogen) atoms. The first-order valence-corrected chi connectivity index (χ1v) is 5.91. The number of hydrogen-bond donors (Lipinski definition) is 1. The number of carbonyl (C=O) groups is 2. The van der Waals surface area contributed by atoms with Gasteiger partial charge >= 0.3 is 5.97 Å². The molecule has 1 aliphatic rings. The average Bonchev–Trinajstić information content (AvgIpc) is 2.95. The summed E-state index contributed by atoms with van der Waals surface area (Å²) in [6.45, 7) is 0. The molecule has 0 saturated heterocycles. The van der Waals surface area contributed by atoms with Gasteiger partial charge in [-0.3, -0.25) is 4.79 Å². The van der Waals surface area contributed by atoms with Crippen molar-refractivity contribution in [2.75, 3.05) is 19.1 Å². The van der Waals surface area contributed by atoms with E-state index in [-0.39, 0.29) is 18.0 Å². The van der Waals surface area contributed by atoms with Gasteiger partial charge in [-0.1, -0.05) is 17.3 Å². The summed E-state index contributed by atoms with van der Waals surface area (Å²) >= 11 is 0. The van der Waals surface area contributed by atoms with Crippen LogP contribution in [0.1, 0.15) is 6.42 Å². The first-order valence-electron chi connectivity index (χ1n) is 5.91. The minimum atomic E-state index is -1.18. The van der Waals surface area contributed by atoms with E-state index in [1.54, 1.807) is 31.3 Å². The molecule has 7 heteroatoms. The maximum absolute atomic E-state index is 12.3. The van der Waals surface area contributed by atoms with Gasteiger partial charge in [0.05, 0.1) is 12.8 Å². The van der Waals surface area contributed by atoms with Crippen LogP contribution >= 0.6 is 0 Å². The van der Waals surface area contributed by atoms with Gasteiger partial charge in [-0.15, -0.1) is 0 Å². The summed E-state index contributed by atoms with van der Waals surface area (Å²) in [5.41, 5.74) is 0.421. The largest absolute Gasteiger partial charge is 0.495 e. The minimum Gasteiger partial charge on any atom is -0.495 e. The Hall–Kier alpha value is -2.57. The Morgan fingerprint density at radius 1 is 1.45 bits per heavy atom. The lowest BCUT2D eigenvalue weighted by atomic mass is 10.1. The third kappa shape index (κ3) is 2.56. The van der Waals surface area contributed by atoms with E-state index < -0.39 is 12.1 Å². The molecule has 2 rings (SSSR count). The number of ether oxygens (including phenoxy) is 1. The number of oxime groups is 1. The number of carbonyl (C=O) groups excluding carboxylic acids is 1. The topological polar surface area (TPSA) is 88.4 Å². The lowest BCUT2D eigenvalue weighted by molar-refractivity contribution is -0.129. The van der Waals surface area contributed by atoms with E-state index in [0.717, 1.165) is 0 Å². The molecule has 0 aliphatic carbocycles. The van der Waals surface area contributed by atoms with Crippen molar-refractivity contribution >= 4 is 23.3 Å². The van der Waals surface area contributed by atoms with Crippen molar-refractivity contribution in [1.29, 1.82) is 0 Å². The Morgan fingerprint density at radius 2 is 2.15 bits per heavy atom. The molecule has 0 saturated carbocycles. The highest BCUT2D eigenvalue weighted by Gasteiger charge is 2.34. The predicted octanol–water partition coefficient (Wildman–Crippen LogP) is 0.887. The number of para-hydroxylation sites is 2. The van der Waals surface area contributed by atoms with Crippen LogP contribution in [-0.2, 0) is 14.4 Å². The molecule has 0 spiro atoms. The summed E-state index contributed by atoms with van der Waals surface area (Å²) in [5.74, 6) is -1.02. The molecule has 0 fully saturated rings. The number of methoxy groups -OCH3 is 1. The number of likely N-dealkylation sites (N-methyl/N-ethyl adjacent to an activating group) is 1. The first kappa shape index (κ1) is 13.9. The number of nitrogens with zero attached hydrogens (tertiary/aromatic N) is 2. The second-order valence-electron chi connectivity index (χ2n) is 4.21. The summed E-state index contributed by atoms with van der Waals surface area (Å²) in [5, 5.41) is 12.2. The van der Waals surface area contributed by atoms with Gasteiger partial charge in [0.15, 0.2) is 5.71 Å². The Labute approximate surface area is 115 Å². The van der Waals surface area contributed by atoms with E-state index >= 15 is 0 Å². The number of amides is 1. The quantitative estimate of drug-likeness (QED) is 0.883. The smallest absolute Gasteiger partial charge is 0.353 e. The lowest BCUT2D eigenvalue weighted by Gasteiger charge is -2.21. The monoisotopic (exact) mass is 278 g/mol. The van der Waals surface area contributed by atoms with Gasteiger partial charge in [-0.2, -0.15) is 0 Å². The standard InChI is InChI=1S/C13H14N2O5/c1-15(9-5-3-4-6-10(9)19-2)12(16)11-7-8(13(17)18)14-20-11/h3-6,11H,7H2,1-2H3,(H,17,18). The molecule has 0 radical (unpaired) electrons. The van der Waals surface area contributed by atoms with Crippen molar-refractivity contribution in [3.8, 4) is 5.75 Å². The van der Waals surface area contributed by atoms with Gasteiger partial charge in [0.1, 0.15) is 5.75 Å². The van der Waals surface area contributed by atoms with E-state index in [1.807, 2.05) is 0 Å². The molecule has 1 heterocycles.